The number of carbonyl (C=O) groups excluding carboxylic acids is 2. The number of halogens is 1. The van der Waals surface area contributed by atoms with Gasteiger partial charge in [0.2, 0.25) is 11.8 Å². The molecule has 170 valence electrons. The molecular weight excluding hydrogens is 413 g/mol. The number of aromatic nitrogens is 3. The van der Waals surface area contributed by atoms with Gasteiger partial charge in [-0.25, -0.2) is 9.37 Å². The molecule has 0 saturated carbocycles. The zero-order valence-corrected chi connectivity index (χ0v) is 18.4. The molecule has 0 spiro atoms. The Bertz CT molecular complexity index is 1120. The first-order valence-corrected chi connectivity index (χ1v) is 11.0. The van der Waals surface area contributed by atoms with Crippen LogP contribution in [0.1, 0.15) is 50.4 Å². The van der Waals surface area contributed by atoms with Crippen LogP contribution in [-0.4, -0.2) is 44.9 Å². The Labute approximate surface area is 185 Å². The van der Waals surface area contributed by atoms with Crippen molar-refractivity contribution in [3.63, 3.8) is 0 Å². The number of fused-ring (bicyclic) bond motifs is 1. The number of hydrogen-bond donors (Lipinski definition) is 2. The van der Waals surface area contributed by atoms with Crippen LogP contribution in [-0.2, 0) is 29.0 Å². The van der Waals surface area contributed by atoms with Crippen LogP contribution in [0.5, 0.6) is 0 Å². The summed E-state index contributed by atoms with van der Waals surface area (Å²) < 4.78 is 18.6. The van der Waals surface area contributed by atoms with Crippen LogP contribution in [0.15, 0.2) is 28.8 Å². The summed E-state index contributed by atoms with van der Waals surface area (Å²) in [7, 11) is 0. The first-order valence-electron chi connectivity index (χ1n) is 11.0. The molecule has 0 bridgehead atoms. The summed E-state index contributed by atoms with van der Waals surface area (Å²) in [5.41, 5.74) is 1.49. The topological polar surface area (TPSA) is 104 Å². The minimum Gasteiger partial charge on any atom is -0.359 e. The molecule has 32 heavy (non-hydrogen) atoms. The molecule has 1 atom stereocenters. The van der Waals surface area contributed by atoms with Crippen LogP contribution in [0.2, 0.25) is 0 Å². The molecule has 1 saturated heterocycles. The van der Waals surface area contributed by atoms with Crippen molar-refractivity contribution in [2.24, 2.45) is 5.41 Å². The maximum Gasteiger partial charge on any atom is 0.228 e. The smallest absolute Gasteiger partial charge is 0.228 e. The van der Waals surface area contributed by atoms with Gasteiger partial charge < -0.3 is 19.7 Å². The van der Waals surface area contributed by atoms with E-state index < -0.39 is 5.41 Å². The van der Waals surface area contributed by atoms with Crippen LogP contribution >= 0.6 is 0 Å². The molecule has 9 heteroatoms. The second-order valence-electron chi connectivity index (χ2n) is 8.65. The summed E-state index contributed by atoms with van der Waals surface area (Å²) in [6, 6.07) is 6.21. The van der Waals surface area contributed by atoms with Gasteiger partial charge in [-0.2, -0.15) is 0 Å². The second kappa shape index (κ2) is 9.10. The minimum atomic E-state index is -0.654. The lowest BCUT2D eigenvalue weighted by atomic mass is 9.80. The third-order valence-corrected chi connectivity index (χ3v) is 6.06. The minimum absolute atomic E-state index is 0.0156. The maximum atomic E-state index is 13.4. The van der Waals surface area contributed by atoms with E-state index in [1.54, 1.807) is 11.0 Å². The molecule has 3 heterocycles. The molecular formula is C23H28FN5O3. The van der Waals surface area contributed by atoms with Gasteiger partial charge in [-0.1, -0.05) is 12.1 Å². The molecule has 0 radical (unpaired) electrons. The van der Waals surface area contributed by atoms with Crippen LogP contribution < -0.4 is 5.32 Å². The maximum absolute atomic E-state index is 13.4. The molecule has 1 aromatic carbocycles. The molecule has 2 amide bonds. The van der Waals surface area contributed by atoms with Gasteiger partial charge in [0.25, 0.3) is 0 Å². The lowest BCUT2D eigenvalue weighted by Crippen LogP contribution is -2.51. The van der Waals surface area contributed by atoms with Gasteiger partial charge in [-0.3, -0.25) is 9.59 Å². The number of aryl methyl sites for hydroxylation is 2. The molecule has 2 N–H and O–H groups in total. The first-order chi connectivity index (χ1) is 15.4. The van der Waals surface area contributed by atoms with E-state index in [0.717, 1.165) is 18.5 Å². The summed E-state index contributed by atoms with van der Waals surface area (Å²) >= 11 is 0. The van der Waals surface area contributed by atoms with Crippen LogP contribution in [0.25, 0.3) is 11.0 Å². The summed E-state index contributed by atoms with van der Waals surface area (Å²) in [4.78, 5) is 35.0. The van der Waals surface area contributed by atoms with Crippen molar-refractivity contribution in [2.75, 3.05) is 13.1 Å². The molecule has 2 aromatic heterocycles. The highest BCUT2D eigenvalue weighted by Gasteiger charge is 2.39. The van der Waals surface area contributed by atoms with Gasteiger partial charge in [-0.05, 0) is 44.4 Å². The Morgan fingerprint density at radius 2 is 2.19 bits per heavy atom. The third kappa shape index (κ3) is 4.81. The highest BCUT2D eigenvalue weighted by molar-refractivity contribution is 5.84. The molecule has 4 rings (SSSR count). The zero-order valence-electron chi connectivity index (χ0n) is 18.4. The fourth-order valence-electron chi connectivity index (χ4n) is 4.16. The number of nitrogens with zero attached hydrogens (tertiary/aromatic N) is 3. The number of rotatable bonds is 7. The predicted octanol–water partition coefficient (Wildman–Crippen LogP) is 3.13. The van der Waals surface area contributed by atoms with Crippen molar-refractivity contribution >= 4 is 22.8 Å². The first kappa shape index (κ1) is 22.0. The molecule has 8 nitrogen and oxygen atoms in total. The summed E-state index contributed by atoms with van der Waals surface area (Å²) in [6.45, 7) is 5.17. The SMILES string of the molecule is CCc1cc(CNC(=O)[C@@]2(C)CCCN(C(=O)CCc3nc4ccc(F)cc4[nH]3)C2)on1. The lowest BCUT2D eigenvalue weighted by Gasteiger charge is -2.39. The highest BCUT2D eigenvalue weighted by atomic mass is 19.1. The zero-order chi connectivity index (χ0) is 22.7. The number of likely N-dealkylation sites (tertiary alicyclic amines) is 1. The van der Waals surface area contributed by atoms with Crippen LogP contribution in [0.3, 0.4) is 0 Å². The lowest BCUT2D eigenvalue weighted by molar-refractivity contribution is -0.140. The highest BCUT2D eigenvalue weighted by Crippen LogP contribution is 2.30. The van der Waals surface area contributed by atoms with E-state index in [9.17, 15) is 14.0 Å². The van der Waals surface area contributed by atoms with E-state index in [4.69, 9.17) is 4.52 Å². The fourth-order valence-corrected chi connectivity index (χ4v) is 4.16. The predicted molar refractivity (Wildman–Crippen MR) is 116 cm³/mol. The Kier molecular flexibility index (Phi) is 6.25. The van der Waals surface area contributed by atoms with Gasteiger partial charge in [0.1, 0.15) is 11.6 Å². The van der Waals surface area contributed by atoms with Crippen LogP contribution in [0, 0.1) is 11.2 Å². The third-order valence-electron chi connectivity index (χ3n) is 6.06. The van der Waals surface area contributed by atoms with E-state index in [1.807, 2.05) is 19.9 Å². The van der Waals surface area contributed by atoms with Crippen LogP contribution in [0.4, 0.5) is 4.39 Å². The monoisotopic (exact) mass is 441 g/mol. The van der Waals surface area contributed by atoms with E-state index in [1.165, 1.54) is 12.1 Å². The number of H-pyrrole nitrogens is 1. The Morgan fingerprint density at radius 3 is 2.97 bits per heavy atom. The number of nitrogens with one attached hydrogen (secondary N) is 2. The molecule has 1 aliphatic rings. The number of hydrogen-bond acceptors (Lipinski definition) is 5. The quantitative estimate of drug-likeness (QED) is 0.586. The number of aromatic amines is 1. The van der Waals surface area contributed by atoms with Crippen molar-refractivity contribution in [2.45, 2.75) is 52.5 Å². The van der Waals surface area contributed by atoms with Crippen molar-refractivity contribution in [1.29, 1.82) is 0 Å². The van der Waals surface area contributed by atoms with Crippen molar-refractivity contribution in [3.05, 3.63) is 47.4 Å². The molecule has 0 aliphatic carbocycles. The Morgan fingerprint density at radius 1 is 1.34 bits per heavy atom. The number of carbonyl (C=O) groups is 2. The molecule has 1 fully saturated rings. The standard InChI is InChI=1S/C23H28FN5O3/c1-3-16-12-17(32-28-16)13-25-22(31)23(2)9-4-10-29(14-23)21(30)8-7-20-26-18-6-5-15(24)11-19(18)27-20/h5-6,11-12H,3-4,7-10,13-14H2,1-2H3,(H,25,31)(H,26,27)/t23-/m0/s1. The number of imidazole rings is 1. The van der Waals surface area contributed by atoms with Gasteiger partial charge in [-0.15, -0.1) is 0 Å². The normalized spacial score (nSPS) is 18.8. The average molecular weight is 442 g/mol. The fraction of sp³-hybridized carbons (Fsp3) is 0.478. The molecule has 0 unspecified atom stereocenters. The number of piperidine rings is 1. The summed E-state index contributed by atoms with van der Waals surface area (Å²) in [6.07, 6.45) is 2.96. The van der Waals surface area contributed by atoms with Crippen molar-refractivity contribution in [3.8, 4) is 0 Å². The van der Waals surface area contributed by atoms with Crippen molar-refractivity contribution in [1.82, 2.24) is 25.3 Å². The summed E-state index contributed by atoms with van der Waals surface area (Å²) in [5, 5.41) is 6.86. The largest absolute Gasteiger partial charge is 0.359 e. The van der Waals surface area contributed by atoms with Gasteiger partial charge >= 0.3 is 0 Å². The molecule has 1 aliphatic heterocycles. The van der Waals surface area contributed by atoms with E-state index in [2.05, 4.69) is 20.4 Å². The Hall–Kier alpha value is -3.23. The molecule has 3 aromatic rings. The van der Waals surface area contributed by atoms with E-state index >= 15 is 0 Å². The van der Waals surface area contributed by atoms with E-state index in [0.29, 0.717) is 48.5 Å². The second-order valence-corrected chi connectivity index (χ2v) is 8.65. The van der Waals surface area contributed by atoms with Gasteiger partial charge in [0.15, 0.2) is 5.76 Å². The number of amides is 2. The van der Waals surface area contributed by atoms with Gasteiger partial charge in [0, 0.05) is 32.0 Å². The van der Waals surface area contributed by atoms with Gasteiger partial charge in [0.05, 0.1) is 28.7 Å². The Balaban J connectivity index is 1.32. The van der Waals surface area contributed by atoms with Crippen molar-refractivity contribution < 1.29 is 18.5 Å². The van der Waals surface area contributed by atoms with E-state index in [-0.39, 0.29) is 30.6 Å². The summed E-state index contributed by atoms with van der Waals surface area (Å²) in [5.74, 6) is 0.828. The average Bonchev–Trinajstić information content (AvgIpc) is 3.41. The number of benzene rings is 1.